The Morgan fingerprint density at radius 1 is 1.33 bits per heavy atom. The minimum absolute atomic E-state index is 0.391. The van der Waals surface area contributed by atoms with Crippen molar-refractivity contribution in [2.45, 2.75) is 26.9 Å². The molecule has 1 aromatic heterocycles. The van der Waals surface area contributed by atoms with Crippen molar-refractivity contribution in [3.8, 4) is 11.5 Å². The molecular formula is C20H31N5O2. The van der Waals surface area contributed by atoms with E-state index in [-0.39, 0.29) is 0 Å². The topological polar surface area (TPSA) is 63.9 Å². The Morgan fingerprint density at radius 2 is 2.15 bits per heavy atom. The number of nitrogens with one attached hydrogen (secondary N) is 1. The molecule has 0 amide bonds. The Hall–Kier alpha value is -2.70. The molecule has 0 fully saturated rings. The zero-order chi connectivity index (χ0) is 19.6. The van der Waals surface area contributed by atoms with Gasteiger partial charge in [-0.1, -0.05) is 6.92 Å². The van der Waals surface area contributed by atoms with Gasteiger partial charge >= 0.3 is 0 Å². The van der Waals surface area contributed by atoms with E-state index in [2.05, 4.69) is 29.2 Å². The van der Waals surface area contributed by atoms with Crippen molar-refractivity contribution in [3.05, 3.63) is 42.2 Å². The highest BCUT2D eigenvalue weighted by molar-refractivity contribution is 5.79. The fourth-order valence-electron chi connectivity index (χ4n) is 2.81. The first-order valence-corrected chi connectivity index (χ1v) is 9.25. The molecule has 7 heteroatoms. The number of aliphatic imine (C=N–C) groups is 1. The van der Waals surface area contributed by atoms with Crippen molar-refractivity contribution < 1.29 is 9.47 Å². The molecule has 0 aliphatic carbocycles. The van der Waals surface area contributed by atoms with E-state index in [0.29, 0.717) is 12.5 Å². The van der Waals surface area contributed by atoms with Crippen LogP contribution in [0, 0.1) is 5.92 Å². The first-order valence-electron chi connectivity index (χ1n) is 9.25. The number of rotatable bonds is 9. The van der Waals surface area contributed by atoms with Gasteiger partial charge in [-0.3, -0.25) is 9.67 Å². The van der Waals surface area contributed by atoms with Crippen molar-refractivity contribution >= 4 is 5.96 Å². The molecular weight excluding hydrogens is 342 g/mol. The Balaban J connectivity index is 2.04. The predicted molar refractivity (Wildman–Crippen MR) is 108 cm³/mol. The van der Waals surface area contributed by atoms with Crippen LogP contribution in [0.5, 0.6) is 11.5 Å². The number of nitrogens with zero attached hydrogens (tertiary/aromatic N) is 4. The number of hydrogen-bond acceptors (Lipinski definition) is 4. The highest BCUT2D eigenvalue weighted by atomic mass is 16.5. The van der Waals surface area contributed by atoms with Crippen molar-refractivity contribution in [2.75, 3.05) is 34.4 Å². The van der Waals surface area contributed by atoms with E-state index in [1.54, 1.807) is 20.4 Å². The van der Waals surface area contributed by atoms with Crippen LogP contribution in [0.3, 0.4) is 0 Å². The quantitative estimate of drug-likeness (QED) is 0.541. The molecule has 1 aromatic carbocycles. The van der Waals surface area contributed by atoms with Gasteiger partial charge in [-0.25, -0.2) is 0 Å². The standard InChI is InChI=1S/C20H31N5O2/c1-6-21-20(22-13-16(2)14-25-11-7-10-23-25)24(3)15-17-8-9-18(26-4)12-19(17)27-5/h7-12,16H,6,13-15H2,1-5H3,(H,21,22). The SMILES string of the molecule is CCNC(=NCC(C)Cn1cccn1)N(C)Cc1ccc(OC)cc1OC. The van der Waals surface area contributed by atoms with Crippen LogP contribution in [0.1, 0.15) is 19.4 Å². The average molecular weight is 374 g/mol. The summed E-state index contributed by atoms with van der Waals surface area (Å²) in [5.74, 6) is 2.86. The molecule has 2 rings (SSSR count). The Morgan fingerprint density at radius 3 is 2.78 bits per heavy atom. The number of guanidine groups is 1. The molecule has 1 unspecified atom stereocenters. The third kappa shape index (κ3) is 6.20. The highest BCUT2D eigenvalue weighted by Crippen LogP contribution is 2.25. The second-order valence-corrected chi connectivity index (χ2v) is 6.56. The molecule has 27 heavy (non-hydrogen) atoms. The molecule has 1 N–H and O–H groups in total. The first-order chi connectivity index (χ1) is 13.1. The lowest BCUT2D eigenvalue weighted by Crippen LogP contribution is -2.39. The number of aromatic nitrogens is 2. The van der Waals surface area contributed by atoms with Crippen LogP contribution in [-0.4, -0.2) is 55.0 Å². The fourth-order valence-corrected chi connectivity index (χ4v) is 2.81. The van der Waals surface area contributed by atoms with Gasteiger partial charge in [0.15, 0.2) is 5.96 Å². The van der Waals surface area contributed by atoms with Gasteiger partial charge in [0.2, 0.25) is 0 Å². The fraction of sp³-hybridized carbons (Fsp3) is 0.500. The van der Waals surface area contributed by atoms with Crippen molar-refractivity contribution in [2.24, 2.45) is 10.9 Å². The van der Waals surface area contributed by atoms with Crippen LogP contribution in [-0.2, 0) is 13.1 Å². The van der Waals surface area contributed by atoms with E-state index in [4.69, 9.17) is 14.5 Å². The summed E-state index contributed by atoms with van der Waals surface area (Å²) in [5, 5.41) is 7.63. The molecule has 0 aliphatic rings. The zero-order valence-corrected chi connectivity index (χ0v) is 17.0. The van der Waals surface area contributed by atoms with Gasteiger partial charge in [0, 0.05) is 57.3 Å². The van der Waals surface area contributed by atoms with E-state index in [1.807, 2.05) is 42.2 Å². The Labute approximate surface area is 162 Å². The van der Waals surface area contributed by atoms with E-state index in [0.717, 1.165) is 42.7 Å². The molecule has 0 aliphatic heterocycles. The second-order valence-electron chi connectivity index (χ2n) is 6.56. The van der Waals surface area contributed by atoms with Gasteiger partial charge in [0.1, 0.15) is 11.5 Å². The molecule has 0 radical (unpaired) electrons. The molecule has 1 atom stereocenters. The summed E-state index contributed by atoms with van der Waals surface area (Å²) in [7, 11) is 5.36. The minimum Gasteiger partial charge on any atom is -0.497 e. The van der Waals surface area contributed by atoms with Gasteiger partial charge in [0.05, 0.1) is 14.2 Å². The predicted octanol–water partition coefficient (Wildman–Crippen LogP) is 2.63. The second kappa shape index (κ2) is 10.4. The van der Waals surface area contributed by atoms with Gasteiger partial charge in [-0.2, -0.15) is 5.10 Å². The summed E-state index contributed by atoms with van der Waals surface area (Å²) in [6, 6.07) is 7.81. The van der Waals surface area contributed by atoms with Crippen LogP contribution in [0.25, 0.3) is 0 Å². The molecule has 0 spiro atoms. The molecule has 0 bridgehead atoms. The van der Waals surface area contributed by atoms with Gasteiger partial charge < -0.3 is 19.7 Å². The van der Waals surface area contributed by atoms with Crippen LogP contribution < -0.4 is 14.8 Å². The first kappa shape index (κ1) is 20.6. The van der Waals surface area contributed by atoms with Crippen molar-refractivity contribution in [1.29, 1.82) is 0 Å². The lowest BCUT2D eigenvalue weighted by Gasteiger charge is -2.24. The monoisotopic (exact) mass is 373 g/mol. The zero-order valence-electron chi connectivity index (χ0n) is 17.0. The molecule has 0 saturated carbocycles. The van der Waals surface area contributed by atoms with Crippen LogP contribution in [0.4, 0.5) is 0 Å². The Kier molecular flexibility index (Phi) is 7.98. The summed E-state index contributed by atoms with van der Waals surface area (Å²) < 4.78 is 12.7. The lowest BCUT2D eigenvalue weighted by atomic mass is 10.2. The summed E-state index contributed by atoms with van der Waals surface area (Å²) in [4.78, 5) is 6.91. The average Bonchev–Trinajstić information content (AvgIpc) is 3.18. The molecule has 2 aromatic rings. The van der Waals surface area contributed by atoms with E-state index in [1.165, 1.54) is 0 Å². The van der Waals surface area contributed by atoms with Crippen molar-refractivity contribution in [3.63, 3.8) is 0 Å². The molecule has 1 heterocycles. The molecule has 7 nitrogen and oxygen atoms in total. The van der Waals surface area contributed by atoms with E-state index in [9.17, 15) is 0 Å². The van der Waals surface area contributed by atoms with E-state index < -0.39 is 0 Å². The van der Waals surface area contributed by atoms with E-state index >= 15 is 0 Å². The van der Waals surface area contributed by atoms with Gasteiger partial charge in [-0.15, -0.1) is 0 Å². The van der Waals surface area contributed by atoms with Gasteiger partial charge in [-0.05, 0) is 31.0 Å². The maximum atomic E-state index is 5.51. The van der Waals surface area contributed by atoms with Crippen molar-refractivity contribution in [1.82, 2.24) is 20.0 Å². The summed E-state index contributed by atoms with van der Waals surface area (Å²) in [5.41, 5.74) is 1.08. The number of hydrogen-bond donors (Lipinski definition) is 1. The van der Waals surface area contributed by atoms with Crippen LogP contribution in [0.15, 0.2) is 41.7 Å². The summed E-state index contributed by atoms with van der Waals surface area (Å²) >= 11 is 0. The Bertz CT molecular complexity index is 715. The lowest BCUT2D eigenvalue weighted by molar-refractivity contribution is 0.382. The minimum atomic E-state index is 0.391. The molecule has 148 valence electrons. The number of methoxy groups -OCH3 is 2. The maximum Gasteiger partial charge on any atom is 0.193 e. The third-order valence-corrected chi connectivity index (χ3v) is 4.21. The van der Waals surface area contributed by atoms with Crippen LogP contribution in [0.2, 0.25) is 0 Å². The highest BCUT2D eigenvalue weighted by Gasteiger charge is 2.12. The van der Waals surface area contributed by atoms with Crippen LogP contribution >= 0.6 is 0 Å². The number of benzene rings is 1. The summed E-state index contributed by atoms with van der Waals surface area (Å²) in [6.07, 6.45) is 3.78. The number of ether oxygens (including phenoxy) is 2. The largest absolute Gasteiger partial charge is 0.497 e. The normalized spacial score (nSPS) is 12.6. The third-order valence-electron chi connectivity index (χ3n) is 4.21. The smallest absolute Gasteiger partial charge is 0.193 e. The molecule has 0 saturated heterocycles. The van der Waals surface area contributed by atoms with Gasteiger partial charge in [0.25, 0.3) is 0 Å². The summed E-state index contributed by atoms with van der Waals surface area (Å²) in [6.45, 7) is 7.34. The maximum absolute atomic E-state index is 5.51.